The molecule has 11 nitrogen and oxygen atoms in total. The lowest BCUT2D eigenvalue weighted by Crippen LogP contribution is -2.38. The van der Waals surface area contributed by atoms with Crippen LogP contribution in [0.5, 0.6) is 0 Å². The number of nitrogens with zero attached hydrogens (tertiary/aromatic N) is 7. The van der Waals surface area contributed by atoms with Gasteiger partial charge < -0.3 is 20.6 Å². The largest absolute Gasteiger partial charge is 0.396 e. The smallest absolute Gasteiger partial charge is 0.235 e. The van der Waals surface area contributed by atoms with Crippen molar-refractivity contribution in [2.24, 2.45) is 5.92 Å². The van der Waals surface area contributed by atoms with Crippen LogP contribution in [0.15, 0.2) is 18.5 Å². The fraction of sp³-hybridized carbons (Fsp3) is 0.474. The zero-order valence-electron chi connectivity index (χ0n) is 17.4. The Kier molecular flexibility index (Phi) is 6.16. The second-order valence-electron chi connectivity index (χ2n) is 7.61. The average molecular weight is 428 g/mol. The predicted octanol–water partition coefficient (Wildman–Crippen LogP) is 1.96. The fourth-order valence-corrected chi connectivity index (χ4v) is 3.42. The van der Waals surface area contributed by atoms with Gasteiger partial charge in [0.15, 0.2) is 11.6 Å². The number of aromatic amines is 1. The van der Waals surface area contributed by atoms with Gasteiger partial charge in [-0.3, -0.25) is 5.10 Å². The van der Waals surface area contributed by atoms with Crippen molar-refractivity contribution in [3.63, 3.8) is 0 Å². The molecule has 12 heteroatoms. The lowest BCUT2D eigenvalue weighted by atomic mass is 9.99. The third-order valence-corrected chi connectivity index (χ3v) is 5.00. The molecular formula is C19H25FN10O. The first-order valence-electron chi connectivity index (χ1n) is 10.1. The molecule has 4 rings (SSSR count). The van der Waals surface area contributed by atoms with Crippen molar-refractivity contribution in [3.8, 4) is 0 Å². The molecule has 0 aliphatic carbocycles. The number of aliphatic hydroxyl groups is 1. The number of H-pyrrole nitrogens is 1. The highest BCUT2D eigenvalue weighted by Gasteiger charge is 2.23. The summed E-state index contributed by atoms with van der Waals surface area (Å²) in [7, 11) is 0. The Morgan fingerprint density at radius 3 is 2.74 bits per heavy atom. The van der Waals surface area contributed by atoms with Crippen molar-refractivity contribution < 1.29 is 9.50 Å². The molecule has 0 amide bonds. The molecule has 4 N–H and O–H groups in total. The van der Waals surface area contributed by atoms with Gasteiger partial charge in [0.05, 0.1) is 18.4 Å². The van der Waals surface area contributed by atoms with Gasteiger partial charge in [0, 0.05) is 31.5 Å². The van der Waals surface area contributed by atoms with Gasteiger partial charge in [0.2, 0.25) is 17.8 Å². The molecule has 1 aliphatic heterocycles. The Morgan fingerprint density at radius 2 is 2.03 bits per heavy atom. The van der Waals surface area contributed by atoms with E-state index < -0.39 is 5.82 Å². The first-order valence-corrected chi connectivity index (χ1v) is 10.1. The van der Waals surface area contributed by atoms with Crippen LogP contribution in [-0.2, 0) is 0 Å². The predicted molar refractivity (Wildman–Crippen MR) is 112 cm³/mol. The summed E-state index contributed by atoms with van der Waals surface area (Å²) in [6, 6.07) is 1.48. The third kappa shape index (κ3) is 5.20. The van der Waals surface area contributed by atoms with E-state index in [4.69, 9.17) is 0 Å². The minimum Gasteiger partial charge on any atom is -0.396 e. The summed E-state index contributed by atoms with van der Waals surface area (Å²) in [6.07, 6.45) is 4.16. The van der Waals surface area contributed by atoms with Crippen LogP contribution < -0.4 is 15.5 Å². The number of nitrogens with one attached hydrogen (secondary N) is 3. The van der Waals surface area contributed by atoms with Gasteiger partial charge in [-0.15, -0.1) is 0 Å². The zero-order chi connectivity index (χ0) is 21.8. The Balaban J connectivity index is 1.61. The van der Waals surface area contributed by atoms with Crippen molar-refractivity contribution in [2.75, 3.05) is 35.2 Å². The highest BCUT2D eigenvalue weighted by atomic mass is 19.1. The van der Waals surface area contributed by atoms with Crippen molar-refractivity contribution in [1.82, 2.24) is 35.1 Å². The lowest BCUT2D eigenvalue weighted by Gasteiger charge is -2.32. The van der Waals surface area contributed by atoms with Crippen LogP contribution in [0.1, 0.15) is 37.3 Å². The Hall–Kier alpha value is -3.41. The number of aryl methyl sites for hydroxylation is 1. The van der Waals surface area contributed by atoms with E-state index in [9.17, 15) is 9.50 Å². The van der Waals surface area contributed by atoms with E-state index >= 15 is 0 Å². The number of aromatic nitrogens is 7. The van der Waals surface area contributed by atoms with Crippen molar-refractivity contribution in [2.45, 2.75) is 32.7 Å². The average Bonchev–Trinajstić information content (AvgIpc) is 3.18. The van der Waals surface area contributed by atoms with Gasteiger partial charge in [-0.2, -0.15) is 20.1 Å². The van der Waals surface area contributed by atoms with E-state index in [-0.39, 0.29) is 18.6 Å². The Labute approximate surface area is 178 Å². The molecule has 3 aromatic heterocycles. The summed E-state index contributed by atoms with van der Waals surface area (Å²) in [5.41, 5.74) is 0.902. The topological polar surface area (TPSA) is 141 Å². The van der Waals surface area contributed by atoms with Gasteiger partial charge in [0.1, 0.15) is 5.82 Å². The monoisotopic (exact) mass is 428 g/mol. The molecule has 1 aliphatic rings. The van der Waals surface area contributed by atoms with E-state index in [1.807, 2.05) is 24.8 Å². The number of rotatable bonds is 7. The van der Waals surface area contributed by atoms with Crippen LogP contribution in [0.3, 0.4) is 0 Å². The molecule has 4 heterocycles. The molecule has 0 bridgehead atoms. The summed E-state index contributed by atoms with van der Waals surface area (Å²) in [6.45, 7) is 5.32. The minimum absolute atomic E-state index is 0.128. The Morgan fingerprint density at radius 1 is 1.26 bits per heavy atom. The molecule has 0 spiro atoms. The van der Waals surface area contributed by atoms with E-state index in [0.29, 0.717) is 36.0 Å². The first-order chi connectivity index (χ1) is 15.0. The van der Waals surface area contributed by atoms with Crippen molar-refractivity contribution >= 4 is 23.7 Å². The third-order valence-electron chi connectivity index (χ3n) is 5.00. The van der Waals surface area contributed by atoms with Crippen LogP contribution >= 0.6 is 0 Å². The van der Waals surface area contributed by atoms with Gasteiger partial charge in [-0.05, 0) is 32.6 Å². The van der Waals surface area contributed by atoms with Gasteiger partial charge >= 0.3 is 0 Å². The van der Waals surface area contributed by atoms with E-state index in [1.165, 1.54) is 0 Å². The zero-order valence-corrected chi connectivity index (χ0v) is 17.4. The van der Waals surface area contributed by atoms with Gasteiger partial charge in [-0.25, -0.2) is 14.4 Å². The van der Waals surface area contributed by atoms with E-state index in [2.05, 4.69) is 45.8 Å². The highest BCUT2D eigenvalue weighted by Crippen LogP contribution is 2.24. The number of hydrogen-bond acceptors (Lipinski definition) is 10. The van der Waals surface area contributed by atoms with E-state index in [1.54, 1.807) is 0 Å². The molecule has 3 aromatic rings. The molecule has 2 atom stereocenters. The van der Waals surface area contributed by atoms with Gasteiger partial charge in [0.25, 0.3) is 0 Å². The normalized spacial score (nSPS) is 17.4. The number of aliphatic hydroxyl groups excluding tert-OH is 1. The van der Waals surface area contributed by atoms with E-state index in [0.717, 1.165) is 37.5 Å². The molecule has 0 unspecified atom stereocenters. The quantitative estimate of drug-likeness (QED) is 0.441. The SMILES string of the molecule is Cc1cc(Nc2nc(N[C@@H](C)c3ncc(F)cn3)nc(N3CCC[C@@H](CO)C3)n2)n[nH]1. The van der Waals surface area contributed by atoms with Gasteiger partial charge in [-0.1, -0.05) is 0 Å². The maximum absolute atomic E-state index is 13.1. The van der Waals surface area contributed by atoms with Crippen molar-refractivity contribution in [3.05, 3.63) is 35.8 Å². The molecule has 164 valence electrons. The maximum atomic E-state index is 13.1. The second-order valence-corrected chi connectivity index (χ2v) is 7.61. The molecular weight excluding hydrogens is 403 g/mol. The standard InChI is InChI=1S/C19H25FN10O/c1-11-6-15(29-28-11)24-18-25-17(23-12(2)16-21-7-14(20)8-22-16)26-19(27-18)30-5-3-4-13(9-30)10-31/h6-8,12-13,31H,3-5,9-10H2,1-2H3,(H3,23,24,25,26,27,28,29)/t12-,13+/m0/s1. The first kappa shape index (κ1) is 20.8. The summed E-state index contributed by atoms with van der Waals surface area (Å²) in [4.78, 5) is 23.6. The Bertz CT molecular complexity index is 1010. The fourth-order valence-electron chi connectivity index (χ4n) is 3.42. The molecule has 0 saturated carbocycles. The van der Waals surface area contributed by atoms with Crippen LogP contribution in [-0.4, -0.2) is 59.9 Å². The minimum atomic E-state index is -0.497. The number of halogens is 1. The number of anilines is 4. The number of hydrogen-bond donors (Lipinski definition) is 4. The van der Waals surface area contributed by atoms with Crippen LogP contribution in [0, 0.1) is 18.7 Å². The second kappa shape index (κ2) is 9.16. The van der Waals surface area contributed by atoms with Crippen molar-refractivity contribution in [1.29, 1.82) is 0 Å². The molecule has 0 radical (unpaired) electrons. The maximum Gasteiger partial charge on any atom is 0.235 e. The van der Waals surface area contributed by atoms with Crippen LogP contribution in [0.4, 0.5) is 28.1 Å². The highest BCUT2D eigenvalue weighted by molar-refractivity contribution is 5.52. The van der Waals surface area contributed by atoms with Crippen LogP contribution in [0.2, 0.25) is 0 Å². The number of piperidine rings is 1. The molecule has 0 aromatic carbocycles. The lowest BCUT2D eigenvalue weighted by molar-refractivity contribution is 0.208. The summed E-state index contributed by atoms with van der Waals surface area (Å²) >= 11 is 0. The summed E-state index contributed by atoms with van der Waals surface area (Å²) < 4.78 is 13.1. The summed E-state index contributed by atoms with van der Waals surface area (Å²) in [5, 5.41) is 22.9. The summed E-state index contributed by atoms with van der Waals surface area (Å²) in [5.74, 6) is 1.84. The molecule has 1 saturated heterocycles. The molecule has 31 heavy (non-hydrogen) atoms. The molecule has 1 fully saturated rings. The van der Waals surface area contributed by atoms with Crippen LogP contribution in [0.25, 0.3) is 0 Å².